The predicted molar refractivity (Wildman–Crippen MR) is 118 cm³/mol. The average Bonchev–Trinajstić information content (AvgIpc) is 2.79. The zero-order valence-corrected chi connectivity index (χ0v) is 17.5. The largest absolute Gasteiger partial charge is 0.343 e. The molecule has 3 aromatic rings. The average molecular weight is 419 g/mol. The maximum Gasteiger partial charge on any atom is 0.328 e. The number of amides is 1. The molecule has 1 aliphatic rings. The summed E-state index contributed by atoms with van der Waals surface area (Å²) in [5, 5.41) is 0.421. The molecule has 1 aromatic heterocycles. The first-order chi connectivity index (χ1) is 14.9. The maximum absolute atomic E-state index is 12.7. The van der Waals surface area contributed by atoms with Crippen molar-refractivity contribution in [2.45, 2.75) is 32.7 Å². The number of piperidine rings is 1. The molecule has 2 aromatic carbocycles. The molecule has 2 heterocycles. The van der Waals surface area contributed by atoms with Crippen LogP contribution in [-0.2, 0) is 11.3 Å². The van der Waals surface area contributed by atoms with Gasteiger partial charge in [-0.05, 0) is 31.9 Å². The van der Waals surface area contributed by atoms with Crippen LogP contribution in [-0.4, -0.2) is 39.2 Å². The van der Waals surface area contributed by atoms with Gasteiger partial charge in [-0.25, -0.2) is 4.79 Å². The summed E-state index contributed by atoms with van der Waals surface area (Å²) in [6.45, 7) is 3.24. The van der Waals surface area contributed by atoms with Crippen LogP contribution < -0.4 is 11.2 Å². The van der Waals surface area contributed by atoms with Crippen LogP contribution in [0.25, 0.3) is 10.9 Å². The van der Waals surface area contributed by atoms with Crippen molar-refractivity contribution >= 4 is 22.6 Å². The quantitative estimate of drug-likeness (QED) is 0.643. The number of fused-ring (bicyclic) bond motifs is 1. The molecule has 0 atom stereocenters. The Kier molecular flexibility index (Phi) is 5.84. The zero-order valence-electron chi connectivity index (χ0n) is 17.5. The van der Waals surface area contributed by atoms with Gasteiger partial charge in [-0.15, -0.1) is 0 Å². The fourth-order valence-electron chi connectivity index (χ4n) is 4.17. The molecule has 0 unspecified atom stereocenters. The number of aromatic nitrogens is 2. The lowest BCUT2D eigenvalue weighted by Crippen LogP contribution is -2.41. The minimum absolute atomic E-state index is 0.0524. The van der Waals surface area contributed by atoms with E-state index in [1.165, 1.54) is 4.57 Å². The van der Waals surface area contributed by atoms with E-state index in [1.54, 1.807) is 29.2 Å². The van der Waals surface area contributed by atoms with E-state index in [2.05, 4.69) is 4.98 Å². The number of para-hydroxylation sites is 1. The van der Waals surface area contributed by atoms with E-state index < -0.39 is 11.2 Å². The molecule has 1 amide bonds. The Bertz CT molecular complexity index is 1230. The number of ketones is 1. The molecular weight excluding hydrogens is 394 g/mol. The number of likely N-dealkylation sites (tertiary alicyclic amines) is 1. The lowest BCUT2D eigenvalue weighted by atomic mass is 9.88. The molecule has 1 fully saturated rings. The van der Waals surface area contributed by atoms with E-state index in [1.807, 2.05) is 31.2 Å². The van der Waals surface area contributed by atoms with Crippen molar-refractivity contribution in [3.63, 3.8) is 0 Å². The summed E-state index contributed by atoms with van der Waals surface area (Å²) in [5.41, 5.74) is 1.42. The van der Waals surface area contributed by atoms with Crippen LogP contribution in [0.2, 0.25) is 0 Å². The number of rotatable bonds is 5. The van der Waals surface area contributed by atoms with Gasteiger partial charge in [0, 0.05) is 37.5 Å². The molecule has 31 heavy (non-hydrogen) atoms. The van der Waals surface area contributed by atoms with Crippen molar-refractivity contribution in [2.75, 3.05) is 13.1 Å². The highest BCUT2D eigenvalue weighted by molar-refractivity contribution is 5.98. The molecule has 1 aliphatic heterocycles. The highest BCUT2D eigenvalue weighted by Gasteiger charge is 2.27. The number of nitrogens with one attached hydrogen (secondary N) is 1. The highest BCUT2D eigenvalue weighted by atomic mass is 16.2. The highest BCUT2D eigenvalue weighted by Crippen LogP contribution is 2.22. The Morgan fingerprint density at radius 3 is 2.39 bits per heavy atom. The predicted octanol–water partition coefficient (Wildman–Crippen LogP) is 2.51. The molecule has 160 valence electrons. The molecule has 0 aliphatic carbocycles. The van der Waals surface area contributed by atoms with E-state index in [4.69, 9.17) is 0 Å². The lowest BCUT2D eigenvalue weighted by Gasteiger charge is -2.31. The van der Waals surface area contributed by atoms with Crippen LogP contribution in [0.5, 0.6) is 0 Å². The van der Waals surface area contributed by atoms with Gasteiger partial charge < -0.3 is 4.90 Å². The minimum Gasteiger partial charge on any atom is -0.343 e. The number of carbonyl (C=O) groups is 2. The number of aryl methyl sites for hydroxylation is 2. The number of Topliss-reactive ketones (excluding diaryl/α,β-unsaturated/α-hetero) is 1. The number of aromatic amines is 1. The van der Waals surface area contributed by atoms with Gasteiger partial charge in [0.2, 0.25) is 5.91 Å². The smallest absolute Gasteiger partial charge is 0.328 e. The van der Waals surface area contributed by atoms with E-state index in [0.717, 1.165) is 11.1 Å². The molecule has 1 N–H and O–H groups in total. The number of hydrogen-bond donors (Lipinski definition) is 1. The molecule has 0 bridgehead atoms. The van der Waals surface area contributed by atoms with Crippen LogP contribution in [0, 0.1) is 12.8 Å². The number of carbonyl (C=O) groups excluding carboxylic acids is 2. The first-order valence-electron chi connectivity index (χ1n) is 10.5. The molecule has 4 rings (SSSR count). The van der Waals surface area contributed by atoms with Crippen molar-refractivity contribution in [1.82, 2.24) is 14.5 Å². The second-order valence-corrected chi connectivity index (χ2v) is 8.06. The summed E-state index contributed by atoms with van der Waals surface area (Å²) < 4.78 is 1.43. The first kappa shape index (κ1) is 20.8. The molecule has 1 saturated heterocycles. The summed E-state index contributed by atoms with van der Waals surface area (Å²) >= 11 is 0. The summed E-state index contributed by atoms with van der Waals surface area (Å²) in [7, 11) is 0. The van der Waals surface area contributed by atoms with Crippen LogP contribution in [0.1, 0.15) is 35.2 Å². The normalized spacial score (nSPS) is 14.7. The third kappa shape index (κ3) is 4.35. The molecule has 0 radical (unpaired) electrons. The van der Waals surface area contributed by atoms with E-state index >= 15 is 0 Å². The van der Waals surface area contributed by atoms with Gasteiger partial charge in [0.15, 0.2) is 5.78 Å². The standard InChI is InChI=1S/C24H25N3O4/c1-16-6-8-17(9-7-16)22(29)18-10-13-26(14-11-18)21(28)12-15-27-20-5-3-2-4-19(20)23(30)25-24(27)31/h2-9,18H,10-15H2,1H3,(H,25,30,31). The van der Waals surface area contributed by atoms with Crippen molar-refractivity contribution in [3.05, 3.63) is 80.5 Å². The maximum atomic E-state index is 12.7. The second kappa shape index (κ2) is 8.71. The van der Waals surface area contributed by atoms with Crippen molar-refractivity contribution in [2.24, 2.45) is 5.92 Å². The van der Waals surface area contributed by atoms with E-state index in [-0.39, 0.29) is 30.6 Å². The van der Waals surface area contributed by atoms with Crippen LogP contribution in [0.3, 0.4) is 0 Å². The Morgan fingerprint density at radius 2 is 1.68 bits per heavy atom. The fraction of sp³-hybridized carbons (Fsp3) is 0.333. The first-order valence-corrected chi connectivity index (χ1v) is 10.5. The third-order valence-corrected chi connectivity index (χ3v) is 6.01. The van der Waals surface area contributed by atoms with Gasteiger partial charge in [0.25, 0.3) is 5.56 Å². The van der Waals surface area contributed by atoms with Gasteiger partial charge in [-0.3, -0.25) is 23.9 Å². The van der Waals surface area contributed by atoms with Crippen LogP contribution in [0.4, 0.5) is 0 Å². The van der Waals surface area contributed by atoms with E-state index in [0.29, 0.717) is 36.8 Å². The summed E-state index contributed by atoms with van der Waals surface area (Å²) in [6, 6.07) is 14.5. The van der Waals surface area contributed by atoms with Gasteiger partial charge in [0.05, 0.1) is 10.9 Å². The molecule has 0 saturated carbocycles. The minimum atomic E-state index is -0.515. The van der Waals surface area contributed by atoms with Gasteiger partial charge >= 0.3 is 5.69 Å². The molecule has 7 nitrogen and oxygen atoms in total. The Hall–Kier alpha value is -3.48. The molecule has 0 spiro atoms. The zero-order chi connectivity index (χ0) is 22.0. The fourth-order valence-corrected chi connectivity index (χ4v) is 4.17. The van der Waals surface area contributed by atoms with Crippen molar-refractivity contribution in [3.8, 4) is 0 Å². The Balaban J connectivity index is 1.38. The van der Waals surface area contributed by atoms with Crippen LogP contribution in [0.15, 0.2) is 58.1 Å². The number of benzene rings is 2. The topological polar surface area (TPSA) is 92.2 Å². The van der Waals surface area contributed by atoms with Crippen molar-refractivity contribution in [1.29, 1.82) is 0 Å². The SMILES string of the molecule is Cc1ccc(C(=O)C2CCN(C(=O)CCn3c(=O)[nH]c(=O)c4ccccc43)CC2)cc1. The summed E-state index contributed by atoms with van der Waals surface area (Å²) in [6.07, 6.45) is 1.44. The lowest BCUT2D eigenvalue weighted by molar-refractivity contribution is -0.132. The third-order valence-electron chi connectivity index (χ3n) is 6.01. The van der Waals surface area contributed by atoms with Gasteiger partial charge in [-0.1, -0.05) is 42.0 Å². The van der Waals surface area contributed by atoms with Crippen molar-refractivity contribution < 1.29 is 9.59 Å². The molecule has 7 heteroatoms. The number of nitrogens with zero attached hydrogens (tertiary/aromatic N) is 2. The Morgan fingerprint density at radius 1 is 1.00 bits per heavy atom. The van der Waals surface area contributed by atoms with Crippen LogP contribution >= 0.6 is 0 Å². The summed E-state index contributed by atoms with van der Waals surface area (Å²) in [5.74, 6) is 0.0132. The number of hydrogen-bond acceptors (Lipinski definition) is 4. The van der Waals surface area contributed by atoms with Gasteiger partial charge in [-0.2, -0.15) is 0 Å². The molecular formula is C24H25N3O4. The monoisotopic (exact) mass is 419 g/mol. The second-order valence-electron chi connectivity index (χ2n) is 8.06. The van der Waals surface area contributed by atoms with E-state index in [9.17, 15) is 19.2 Å². The van der Waals surface area contributed by atoms with Gasteiger partial charge in [0.1, 0.15) is 0 Å². The number of H-pyrrole nitrogens is 1. The summed E-state index contributed by atoms with van der Waals surface area (Å²) in [4.78, 5) is 53.7. The Labute approximate surface area is 179 Å².